The van der Waals surface area contributed by atoms with Crippen LogP contribution < -0.4 is 5.32 Å². The van der Waals surface area contributed by atoms with Gasteiger partial charge in [-0.3, -0.25) is 9.78 Å². The lowest BCUT2D eigenvalue weighted by Gasteiger charge is -2.31. The van der Waals surface area contributed by atoms with E-state index in [0.29, 0.717) is 17.7 Å². The number of hydrogen-bond acceptors (Lipinski definition) is 3. The van der Waals surface area contributed by atoms with Crippen LogP contribution in [0, 0.1) is 0 Å². The van der Waals surface area contributed by atoms with Crippen LogP contribution in [0.15, 0.2) is 24.4 Å². The fraction of sp³-hybridized carbons (Fsp3) is 0.625. The van der Waals surface area contributed by atoms with E-state index >= 15 is 0 Å². The van der Waals surface area contributed by atoms with Gasteiger partial charge in [0.25, 0.3) is 0 Å². The molecule has 0 radical (unpaired) electrons. The smallest absolute Gasteiger partial charge is 0.220 e. The molecule has 110 valence electrons. The first-order valence-electron chi connectivity index (χ1n) is 7.60. The summed E-state index contributed by atoms with van der Waals surface area (Å²) in [5.41, 5.74) is 0.991. The average Bonchev–Trinajstić information content (AvgIpc) is 2.49. The minimum absolute atomic E-state index is 0.171. The van der Waals surface area contributed by atoms with E-state index in [1.807, 2.05) is 30.0 Å². The summed E-state index contributed by atoms with van der Waals surface area (Å²) in [6, 6.07) is 6.21. The lowest BCUT2D eigenvalue weighted by molar-refractivity contribution is -0.121. The summed E-state index contributed by atoms with van der Waals surface area (Å²) < 4.78 is 0. The molecule has 0 aromatic carbocycles. The van der Waals surface area contributed by atoms with Crippen molar-refractivity contribution in [3.63, 3.8) is 0 Å². The Morgan fingerprint density at radius 3 is 3.00 bits per heavy atom. The van der Waals surface area contributed by atoms with E-state index < -0.39 is 0 Å². The highest BCUT2D eigenvalue weighted by molar-refractivity contribution is 7.99. The molecule has 2 rings (SSSR count). The normalized spacial score (nSPS) is 22.4. The van der Waals surface area contributed by atoms with Crippen LogP contribution in [0.25, 0.3) is 0 Å². The average molecular weight is 292 g/mol. The topological polar surface area (TPSA) is 42.0 Å². The molecule has 1 aromatic rings. The number of thioether (sulfide) groups is 1. The molecule has 1 N–H and O–H groups in total. The quantitative estimate of drug-likeness (QED) is 0.875. The second kappa shape index (κ2) is 8.30. The standard InChI is InChI=1S/C16H24N2OS/c1-2-20-15-9-4-3-8-14(15)18-16(19)11-10-13-7-5-6-12-17-13/h5-7,12,14-15H,2-4,8-11H2,1H3,(H,18,19)/t14-,15+/m0/s1. The van der Waals surface area contributed by atoms with E-state index in [9.17, 15) is 4.79 Å². The van der Waals surface area contributed by atoms with Gasteiger partial charge in [-0.1, -0.05) is 25.8 Å². The van der Waals surface area contributed by atoms with Gasteiger partial charge in [0, 0.05) is 29.6 Å². The first-order chi connectivity index (χ1) is 9.79. The summed E-state index contributed by atoms with van der Waals surface area (Å²) >= 11 is 1.99. The fourth-order valence-electron chi connectivity index (χ4n) is 2.74. The van der Waals surface area contributed by atoms with Crippen LogP contribution >= 0.6 is 11.8 Å². The van der Waals surface area contributed by atoms with Gasteiger partial charge in [-0.05, 0) is 37.1 Å². The minimum atomic E-state index is 0.171. The Morgan fingerprint density at radius 2 is 2.25 bits per heavy atom. The van der Waals surface area contributed by atoms with Crippen molar-refractivity contribution >= 4 is 17.7 Å². The monoisotopic (exact) mass is 292 g/mol. The van der Waals surface area contributed by atoms with Crippen molar-refractivity contribution in [2.45, 2.75) is 56.7 Å². The Morgan fingerprint density at radius 1 is 1.40 bits per heavy atom. The van der Waals surface area contributed by atoms with Gasteiger partial charge in [-0.25, -0.2) is 0 Å². The van der Waals surface area contributed by atoms with E-state index in [1.54, 1.807) is 6.20 Å². The molecule has 1 saturated carbocycles. The first-order valence-corrected chi connectivity index (χ1v) is 8.65. The molecule has 1 fully saturated rings. The number of pyridine rings is 1. The summed E-state index contributed by atoms with van der Waals surface area (Å²) in [6.45, 7) is 2.19. The predicted octanol–water partition coefficient (Wildman–Crippen LogP) is 3.19. The van der Waals surface area contributed by atoms with E-state index in [2.05, 4.69) is 17.2 Å². The van der Waals surface area contributed by atoms with Crippen molar-refractivity contribution in [3.05, 3.63) is 30.1 Å². The van der Waals surface area contributed by atoms with Crippen LogP contribution in [0.4, 0.5) is 0 Å². The largest absolute Gasteiger partial charge is 0.352 e. The van der Waals surface area contributed by atoms with Crippen molar-refractivity contribution in [1.82, 2.24) is 10.3 Å². The number of nitrogens with zero attached hydrogens (tertiary/aromatic N) is 1. The number of nitrogens with one attached hydrogen (secondary N) is 1. The summed E-state index contributed by atoms with van der Waals surface area (Å²) in [5, 5.41) is 3.84. The summed E-state index contributed by atoms with van der Waals surface area (Å²) in [4.78, 5) is 16.3. The highest BCUT2D eigenvalue weighted by atomic mass is 32.2. The van der Waals surface area contributed by atoms with Crippen LogP contribution in [0.3, 0.4) is 0 Å². The third-order valence-corrected chi connectivity index (χ3v) is 5.09. The van der Waals surface area contributed by atoms with Crippen LogP contribution in [-0.2, 0) is 11.2 Å². The van der Waals surface area contributed by atoms with Crippen molar-refractivity contribution in [2.75, 3.05) is 5.75 Å². The molecule has 0 unspecified atom stereocenters. The Labute approximate surface area is 125 Å². The molecule has 4 heteroatoms. The molecular formula is C16H24N2OS. The molecule has 20 heavy (non-hydrogen) atoms. The third-order valence-electron chi connectivity index (χ3n) is 3.76. The maximum Gasteiger partial charge on any atom is 0.220 e. The Kier molecular flexibility index (Phi) is 6.37. The maximum atomic E-state index is 12.1. The number of rotatable bonds is 6. The van der Waals surface area contributed by atoms with Crippen molar-refractivity contribution in [3.8, 4) is 0 Å². The van der Waals surface area contributed by atoms with E-state index in [4.69, 9.17) is 0 Å². The maximum absolute atomic E-state index is 12.1. The van der Waals surface area contributed by atoms with Gasteiger partial charge in [-0.15, -0.1) is 0 Å². The summed E-state index contributed by atoms with van der Waals surface area (Å²) in [6.07, 6.45) is 7.96. The second-order valence-corrected chi connectivity index (χ2v) is 6.79. The van der Waals surface area contributed by atoms with E-state index in [1.165, 1.54) is 19.3 Å². The van der Waals surface area contributed by atoms with Gasteiger partial charge >= 0.3 is 0 Å². The summed E-state index contributed by atoms with van der Waals surface area (Å²) in [5.74, 6) is 1.30. The zero-order valence-electron chi connectivity index (χ0n) is 12.2. The van der Waals surface area contributed by atoms with Gasteiger partial charge in [0.15, 0.2) is 0 Å². The van der Waals surface area contributed by atoms with Gasteiger partial charge in [-0.2, -0.15) is 11.8 Å². The number of aryl methyl sites for hydroxylation is 1. The lowest BCUT2D eigenvalue weighted by Crippen LogP contribution is -2.43. The molecule has 0 spiro atoms. The molecule has 1 aromatic heterocycles. The first kappa shape index (κ1) is 15.4. The third kappa shape index (κ3) is 4.82. The van der Waals surface area contributed by atoms with Crippen LogP contribution in [0.5, 0.6) is 0 Å². The summed E-state index contributed by atoms with van der Waals surface area (Å²) in [7, 11) is 0. The molecule has 3 nitrogen and oxygen atoms in total. The SMILES string of the molecule is CCS[C@@H]1CCCC[C@@H]1NC(=O)CCc1ccccn1. The number of carbonyl (C=O) groups is 1. The van der Waals surface area contributed by atoms with Crippen LogP contribution in [0.2, 0.25) is 0 Å². The molecule has 1 amide bonds. The zero-order valence-corrected chi connectivity index (χ0v) is 13.0. The number of aromatic nitrogens is 1. The van der Waals surface area contributed by atoms with Gasteiger partial charge < -0.3 is 5.32 Å². The van der Waals surface area contributed by atoms with Crippen LogP contribution in [0.1, 0.15) is 44.7 Å². The fourth-order valence-corrected chi connectivity index (χ4v) is 3.94. The van der Waals surface area contributed by atoms with E-state index in [0.717, 1.165) is 24.3 Å². The number of hydrogen-bond donors (Lipinski definition) is 1. The zero-order chi connectivity index (χ0) is 14.2. The molecule has 1 aliphatic carbocycles. The molecule has 1 aliphatic rings. The van der Waals surface area contributed by atoms with Crippen LogP contribution in [-0.4, -0.2) is 27.9 Å². The Hall–Kier alpha value is -1.03. The Bertz CT molecular complexity index is 408. The highest BCUT2D eigenvalue weighted by Crippen LogP contribution is 2.28. The van der Waals surface area contributed by atoms with Crippen molar-refractivity contribution in [1.29, 1.82) is 0 Å². The number of amides is 1. The van der Waals surface area contributed by atoms with Crippen molar-refractivity contribution in [2.24, 2.45) is 0 Å². The number of carbonyl (C=O) groups excluding carboxylic acids is 1. The van der Waals surface area contributed by atoms with Gasteiger partial charge in [0.05, 0.1) is 0 Å². The van der Waals surface area contributed by atoms with Gasteiger partial charge in [0.1, 0.15) is 0 Å². The molecule has 0 aliphatic heterocycles. The van der Waals surface area contributed by atoms with Gasteiger partial charge in [0.2, 0.25) is 5.91 Å². The second-order valence-electron chi connectivity index (χ2n) is 5.27. The predicted molar refractivity (Wildman–Crippen MR) is 84.9 cm³/mol. The molecule has 0 bridgehead atoms. The Balaban J connectivity index is 1.78. The van der Waals surface area contributed by atoms with E-state index in [-0.39, 0.29) is 5.91 Å². The molecule has 2 atom stereocenters. The molecule has 0 saturated heterocycles. The highest BCUT2D eigenvalue weighted by Gasteiger charge is 2.26. The lowest BCUT2D eigenvalue weighted by atomic mass is 9.94. The van der Waals surface area contributed by atoms with Crippen molar-refractivity contribution < 1.29 is 4.79 Å². The molecular weight excluding hydrogens is 268 g/mol. The minimum Gasteiger partial charge on any atom is -0.352 e. The molecule has 1 heterocycles.